The number of nitrogens with two attached hydrogens (primary N) is 1. The van der Waals surface area contributed by atoms with Gasteiger partial charge in [-0.2, -0.15) is 0 Å². The monoisotopic (exact) mass is 225 g/mol. The second-order valence-electron chi connectivity index (χ2n) is 4.37. The SMILES string of the molecule is Nc1cccc2c1CCN2Cc1ccncc1. The molecule has 3 nitrogen and oxygen atoms in total. The summed E-state index contributed by atoms with van der Waals surface area (Å²) in [6, 6.07) is 10.3. The fourth-order valence-corrected chi connectivity index (χ4v) is 2.40. The van der Waals surface area contributed by atoms with E-state index in [1.807, 2.05) is 24.5 Å². The minimum Gasteiger partial charge on any atom is -0.398 e. The van der Waals surface area contributed by atoms with Gasteiger partial charge >= 0.3 is 0 Å². The molecular weight excluding hydrogens is 210 g/mol. The maximum Gasteiger partial charge on any atom is 0.0430 e. The Labute approximate surface area is 101 Å². The van der Waals surface area contributed by atoms with Crippen LogP contribution in [0.4, 0.5) is 11.4 Å². The Morgan fingerprint density at radius 1 is 1.18 bits per heavy atom. The number of benzene rings is 1. The molecule has 0 bridgehead atoms. The first-order valence-corrected chi connectivity index (χ1v) is 5.86. The van der Waals surface area contributed by atoms with Crippen molar-refractivity contribution in [3.8, 4) is 0 Å². The Kier molecular flexibility index (Phi) is 2.44. The van der Waals surface area contributed by atoms with Crippen LogP contribution in [0.15, 0.2) is 42.7 Å². The Morgan fingerprint density at radius 2 is 2.00 bits per heavy atom. The summed E-state index contributed by atoms with van der Waals surface area (Å²) < 4.78 is 0. The molecule has 17 heavy (non-hydrogen) atoms. The van der Waals surface area contributed by atoms with Crippen LogP contribution in [0, 0.1) is 0 Å². The average molecular weight is 225 g/mol. The van der Waals surface area contributed by atoms with Crippen molar-refractivity contribution in [3.63, 3.8) is 0 Å². The first-order chi connectivity index (χ1) is 8.34. The average Bonchev–Trinajstić information content (AvgIpc) is 2.76. The standard InChI is InChI=1S/C14H15N3/c15-13-2-1-3-14-12(13)6-9-17(14)10-11-4-7-16-8-5-11/h1-5,7-8H,6,9-10,15H2. The number of pyridine rings is 1. The van der Waals surface area contributed by atoms with E-state index in [1.54, 1.807) is 0 Å². The molecule has 2 aromatic rings. The highest BCUT2D eigenvalue weighted by atomic mass is 15.1. The van der Waals surface area contributed by atoms with E-state index >= 15 is 0 Å². The predicted molar refractivity (Wildman–Crippen MR) is 69.8 cm³/mol. The van der Waals surface area contributed by atoms with Gasteiger partial charge in [0.15, 0.2) is 0 Å². The van der Waals surface area contributed by atoms with Crippen molar-refractivity contribution in [1.29, 1.82) is 0 Å². The quantitative estimate of drug-likeness (QED) is 0.797. The van der Waals surface area contributed by atoms with E-state index in [1.165, 1.54) is 16.8 Å². The van der Waals surface area contributed by atoms with E-state index in [9.17, 15) is 0 Å². The van der Waals surface area contributed by atoms with E-state index in [0.717, 1.165) is 25.2 Å². The highest BCUT2D eigenvalue weighted by Crippen LogP contribution is 2.32. The van der Waals surface area contributed by atoms with Gasteiger partial charge in [0.05, 0.1) is 0 Å². The Morgan fingerprint density at radius 3 is 2.82 bits per heavy atom. The lowest BCUT2D eigenvalue weighted by atomic mass is 10.1. The number of rotatable bonds is 2. The van der Waals surface area contributed by atoms with Crippen molar-refractivity contribution in [2.45, 2.75) is 13.0 Å². The molecule has 0 saturated heterocycles. The fourth-order valence-electron chi connectivity index (χ4n) is 2.40. The zero-order valence-corrected chi connectivity index (χ0v) is 9.63. The number of hydrogen-bond donors (Lipinski definition) is 1. The lowest BCUT2D eigenvalue weighted by Crippen LogP contribution is -2.19. The van der Waals surface area contributed by atoms with Crippen LogP contribution in [0.3, 0.4) is 0 Å². The molecule has 0 aliphatic carbocycles. The van der Waals surface area contributed by atoms with Crippen LogP contribution in [0.5, 0.6) is 0 Å². The van der Waals surface area contributed by atoms with Crippen molar-refractivity contribution in [1.82, 2.24) is 4.98 Å². The molecule has 1 aromatic carbocycles. The summed E-state index contributed by atoms with van der Waals surface area (Å²) in [5.41, 5.74) is 10.8. The molecular formula is C14H15N3. The molecule has 0 spiro atoms. The Hall–Kier alpha value is -2.03. The number of anilines is 2. The zero-order valence-electron chi connectivity index (χ0n) is 9.63. The minimum absolute atomic E-state index is 0.916. The van der Waals surface area contributed by atoms with Crippen LogP contribution >= 0.6 is 0 Å². The van der Waals surface area contributed by atoms with Gasteiger partial charge in [0, 0.05) is 42.4 Å². The summed E-state index contributed by atoms with van der Waals surface area (Å²) in [6.45, 7) is 1.98. The van der Waals surface area contributed by atoms with Crippen LogP contribution in [-0.4, -0.2) is 11.5 Å². The van der Waals surface area contributed by atoms with Crippen molar-refractivity contribution < 1.29 is 0 Å². The summed E-state index contributed by atoms with van der Waals surface area (Å²) in [4.78, 5) is 6.42. The predicted octanol–water partition coefficient (Wildman–Crippen LogP) is 2.23. The van der Waals surface area contributed by atoms with Crippen molar-refractivity contribution in [2.75, 3.05) is 17.2 Å². The lowest BCUT2D eigenvalue weighted by Gasteiger charge is -2.19. The van der Waals surface area contributed by atoms with Gasteiger partial charge in [-0.05, 0) is 36.2 Å². The van der Waals surface area contributed by atoms with Gasteiger partial charge < -0.3 is 10.6 Å². The van der Waals surface area contributed by atoms with Gasteiger partial charge in [0.2, 0.25) is 0 Å². The molecule has 2 heterocycles. The Balaban J connectivity index is 1.87. The second-order valence-corrected chi connectivity index (χ2v) is 4.37. The maximum atomic E-state index is 5.99. The second kappa shape index (κ2) is 4.09. The molecule has 3 heteroatoms. The Bertz CT molecular complexity index is 522. The summed E-state index contributed by atoms with van der Waals surface area (Å²) in [5.74, 6) is 0. The highest BCUT2D eigenvalue weighted by molar-refractivity contribution is 5.68. The van der Waals surface area contributed by atoms with Gasteiger partial charge in [0.1, 0.15) is 0 Å². The van der Waals surface area contributed by atoms with Crippen molar-refractivity contribution in [3.05, 3.63) is 53.9 Å². The van der Waals surface area contributed by atoms with Gasteiger partial charge in [-0.15, -0.1) is 0 Å². The lowest BCUT2D eigenvalue weighted by molar-refractivity contribution is 0.835. The summed E-state index contributed by atoms with van der Waals surface area (Å²) in [6.07, 6.45) is 4.73. The van der Waals surface area contributed by atoms with Gasteiger partial charge in [0.25, 0.3) is 0 Å². The molecule has 0 amide bonds. The summed E-state index contributed by atoms with van der Waals surface area (Å²) >= 11 is 0. The fraction of sp³-hybridized carbons (Fsp3) is 0.214. The normalized spacial score (nSPS) is 13.8. The zero-order chi connectivity index (χ0) is 11.7. The summed E-state index contributed by atoms with van der Waals surface area (Å²) in [5, 5.41) is 0. The van der Waals surface area contributed by atoms with Gasteiger partial charge in [-0.1, -0.05) is 6.07 Å². The van der Waals surface area contributed by atoms with E-state index in [2.05, 4.69) is 28.1 Å². The molecule has 1 aliphatic rings. The smallest absolute Gasteiger partial charge is 0.0430 e. The molecule has 0 atom stereocenters. The first kappa shape index (κ1) is 10.1. The topological polar surface area (TPSA) is 42.1 Å². The van der Waals surface area contributed by atoms with E-state index in [-0.39, 0.29) is 0 Å². The summed E-state index contributed by atoms with van der Waals surface area (Å²) in [7, 11) is 0. The third-order valence-electron chi connectivity index (χ3n) is 3.28. The highest BCUT2D eigenvalue weighted by Gasteiger charge is 2.20. The molecule has 1 aliphatic heterocycles. The number of nitrogen functional groups attached to an aromatic ring is 1. The van der Waals surface area contributed by atoms with Crippen LogP contribution in [0.1, 0.15) is 11.1 Å². The molecule has 1 aromatic heterocycles. The molecule has 0 radical (unpaired) electrons. The maximum absolute atomic E-state index is 5.99. The third-order valence-corrected chi connectivity index (χ3v) is 3.28. The number of fused-ring (bicyclic) bond motifs is 1. The molecule has 0 saturated carbocycles. The largest absolute Gasteiger partial charge is 0.398 e. The van der Waals surface area contributed by atoms with Gasteiger partial charge in [-0.3, -0.25) is 4.98 Å². The van der Waals surface area contributed by atoms with E-state index in [0.29, 0.717) is 0 Å². The van der Waals surface area contributed by atoms with Crippen LogP contribution in [0.2, 0.25) is 0 Å². The van der Waals surface area contributed by atoms with Crippen molar-refractivity contribution in [2.24, 2.45) is 0 Å². The van der Waals surface area contributed by atoms with Gasteiger partial charge in [-0.25, -0.2) is 0 Å². The molecule has 0 fully saturated rings. The van der Waals surface area contributed by atoms with Crippen LogP contribution in [-0.2, 0) is 13.0 Å². The molecule has 0 unspecified atom stereocenters. The molecule has 2 N–H and O–H groups in total. The van der Waals surface area contributed by atoms with E-state index in [4.69, 9.17) is 5.73 Å². The molecule has 86 valence electrons. The van der Waals surface area contributed by atoms with Crippen LogP contribution in [0.25, 0.3) is 0 Å². The number of nitrogens with zero attached hydrogens (tertiary/aromatic N) is 2. The van der Waals surface area contributed by atoms with E-state index < -0.39 is 0 Å². The third kappa shape index (κ3) is 1.84. The first-order valence-electron chi connectivity index (χ1n) is 5.86. The van der Waals surface area contributed by atoms with Crippen molar-refractivity contribution >= 4 is 11.4 Å². The molecule has 3 rings (SSSR count). The number of aromatic nitrogens is 1. The van der Waals surface area contributed by atoms with Crippen LogP contribution < -0.4 is 10.6 Å². The minimum atomic E-state index is 0.916. The number of hydrogen-bond acceptors (Lipinski definition) is 3.